The zero-order chi connectivity index (χ0) is 19.0. The molecule has 0 spiro atoms. The van der Waals surface area contributed by atoms with E-state index in [4.69, 9.17) is 0 Å². The molecule has 0 aliphatic rings. The predicted molar refractivity (Wildman–Crippen MR) is 98.2 cm³/mol. The van der Waals surface area contributed by atoms with Crippen molar-refractivity contribution in [1.29, 1.82) is 0 Å². The van der Waals surface area contributed by atoms with Crippen molar-refractivity contribution < 1.29 is 9.53 Å². The van der Waals surface area contributed by atoms with Crippen LogP contribution in [-0.4, -0.2) is 27.2 Å². The molecule has 0 atom stereocenters. The summed E-state index contributed by atoms with van der Waals surface area (Å²) in [6.07, 6.45) is 0. The van der Waals surface area contributed by atoms with Crippen LogP contribution in [0.3, 0.4) is 0 Å². The first-order chi connectivity index (χ1) is 12.4. The van der Waals surface area contributed by atoms with Gasteiger partial charge >= 0.3 is 11.7 Å². The second-order valence-corrected chi connectivity index (χ2v) is 6.07. The van der Waals surface area contributed by atoms with Crippen molar-refractivity contribution in [2.24, 2.45) is 7.05 Å². The predicted octanol–water partition coefficient (Wildman–Crippen LogP) is 1.55. The molecule has 0 saturated carbocycles. The molecule has 7 nitrogen and oxygen atoms in total. The summed E-state index contributed by atoms with van der Waals surface area (Å²) in [4.78, 5) is 41.6. The molecule has 7 heteroatoms. The number of hydrogen-bond acceptors (Lipinski definition) is 5. The number of pyridine rings is 1. The summed E-state index contributed by atoms with van der Waals surface area (Å²) in [6, 6.07) is 9.62. The summed E-state index contributed by atoms with van der Waals surface area (Å²) in [7, 11) is 2.74. The number of ether oxygens (including phenoxy) is 1. The maximum atomic E-state index is 13.0. The first kappa shape index (κ1) is 17.6. The van der Waals surface area contributed by atoms with Gasteiger partial charge in [-0.3, -0.25) is 14.2 Å². The molecule has 0 unspecified atom stereocenters. The zero-order valence-corrected chi connectivity index (χ0v) is 15.1. The highest BCUT2D eigenvalue weighted by Crippen LogP contribution is 2.29. The Balaban J connectivity index is 2.43. The summed E-state index contributed by atoms with van der Waals surface area (Å²) < 4.78 is 6.76. The summed E-state index contributed by atoms with van der Waals surface area (Å²) in [5, 5.41) is 0.320. The molecule has 0 aliphatic heterocycles. The van der Waals surface area contributed by atoms with E-state index in [-0.39, 0.29) is 0 Å². The molecule has 1 aromatic carbocycles. The van der Waals surface area contributed by atoms with Crippen LogP contribution < -0.4 is 11.2 Å². The molecule has 2 heterocycles. The van der Waals surface area contributed by atoms with Crippen molar-refractivity contribution in [3.05, 3.63) is 62.4 Å². The number of fused-ring (bicyclic) bond motifs is 1. The van der Waals surface area contributed by atoms with E-state index in [1.807, 2.05) is 44.2 Å². The Bertz CT molecular complexity index is 1130. The maximum absolute atomic E-state index is 13.0. The molecule has 26 heavy (non-hydrogen) atoms. The third-order valence-electron chi connectivity index (χ3n) is 4.48. The number of benzene rings is 1. The minimum atomic E-state index is -0.662. The molecule has 0 aliphatic carbocycles. The highest BCUT2D eigenvalue weighted by atomic mass is 16.5. The van der Waals surface area contributed by atoms with Crippen LogP contribution in [0.15, 0.2) is 39.9 Å². The Morgan fingerprint density at radius 1 is 1.15 bits per heavy atom. The molecule has 2 aromatic heterocycles. The van der Waals surface area contributed by atoms with E-state index in [9.17, 15) is 14.4 Å². The van der Waals surface area contributed by atoms with Crippen LogP contribution in [-0.2, 0) is 23.1 Å². The Labute approximate surface area is 149 Å². The van der Waals surface area contributed by atoms with Crippen molar-refractivity contribution in [2.45, 2.75) is 20.4 Å². The summed E-state index contributed by atoms with van der Waals surface area (Å²) in [5.74, 6) is -0.662. The van der Waals surface area contributed by atoms with E-state index in [2.05, 4.69) is 9.72 Å². The first-order valence-electron chi connectivity index (χ1n) is 8.09. The smallest absolute Gasteiger partial charge is 0.332 e. The fourth-order valence-electron chi connectivity index (χ4n) is 3.19. The van der Waals surface area contributed by atoms with Crippen LogP contribution in [0.2, 0.25) is 0 Å². The number of esters is 1. The highest BCUT2D eigenvalue weighted by molar-refractivity contribution is 5.87. The van der Waals surface area contributed by atoms with Gasteiger partial charge in [-0.25, -0.2) is 14.3 Å². The normalized spacial score (nSPS) is 10.9. The molecule has 0 saturated heterocycles. The number of methoxy groups -OCH3 is 1. The number of rotatable bonds is 3. The maximum Gasteiger partial charge on any atom is 0.332 e. The first-order valence-corrected chi connectivity index (χ1v) is 8.09. The molecule has 0 radical (unpaired) electrons. The Morgan fingerprint density at radius 2 is 1.81 bits per heavy atom. The molecule has 0 fully saturated rings. The highest BCUT2D eigenvalue weighted by Gasteiger charge is 2.20. The molecule has 3 rings (SSSR count). The number of hydrogen-bond donors (Lipinski definition) is 0. The van der Waals surface area contributed by atoms with E-state index in [0.717, 1.165) is 27.0 Å². The van der Waals surface area contributed by atoms with Gasteiger partial charge in [-0.15, -0.1) is 0 Å². The third kappa shape index (κ3) is 2.71. The van der Waals surface area contributed by atoms with Crippen molar-refractivity contribution >= 4 is 17.0 Å². The Kier molecular flexibility index (Phi) is 4.46. The van der Waals surface area contributed by atoms with Gasteiger partial charge in [-0.2, -0.15) is 0 Å². The van der Waals surface area contributed by atoms with Gasteiger partial charge in [0.15, 0.2) is 0 Å². The molecule has 134 valence electrons. The molecular formula is C19H19N3O4. The fourth-order valence-corrected chi connectivity index (χ4v) is 3.19. The summed E-state index contributed by atoms with van der Waals surface area (Å²) in [6.45, 7) is 3.23. The van der Waals surface area contributed by atoms with Crippen LogP contribution in [0.4, 0.5) is 0 Å². The van der Waals surface area contributed by atoms with E-state index < -0.39 is 23.8 Å². The zero-order valence-electron chi connectivity index (χ0n) is 15.1. The molecule has 0 amide bonds. The van der Waals surface area contributed by atoms with Crippen molar-refractivity contribution in [3.63, 3.8) is 0 Å². The van der Waals surface area contributed by atoms with Gasteiger partial charge in [0.1, 0.15) is 12.2 Å². The van der Waals surface area contributed by atoms with Crippen LogP contribution >= 0.6 is 0 Å². The monoisotopic (exact) mass is 353 g/mol. The van der Waals surface area contributed by atoms with Crippen molar-refractivity contribution in [2.75, 3.05) is 7.11 Å². The molecule has 0 N–H and O–H groups in total. The SMILES string of the molecule is COC(=O)Cn1c(=O)c2c(C)c(-c3ccccc3)c(C)nc2n(C)c1=O. The van der Waals surface area contributed by atoms with E-state index in [0.29, 0.717) is 11.0 Å². The average molecular weight is 353 g/mol. The molecule has 3 aromatic rings. The van der Waals surface area contributed by atoms with E-state index >= 15 is 0 Å². The Hall–Kier alpha value is -3.22. The van der Waals surface area contributed by atoms with Gasteiger partial charge < -0.3 is 4.74 Å². The van der Waals surface area contributed by atoms with Crippen molar-refractivity contribution in [3.8, 4) is 11.1 Å². The molecular weight excluding hydrogens is 334 g/mol. The average Bonchev–Trinajstić information content (AvgIpc) is 2.63. The number of carbonyl (C=O) groups excluding carboxylic acids is 1. The lowest BCUT2D eigenvalue weighted by molar-refractivity contribution is -0.141. The largest absolute Gasteiger partial charge is 0.468 e. The number of nitrogens with zero attached hydrogens (tertiary/aromatic N) is 3. The van der Waals surface area contributed by atoms with E-state index in [1.54, 1.807) is 0 Å². The van der Waals surface area contributed by atoms with E-state index in [1.165, 1.54) is 18.7 Å². The second-order valence-electron chi connectivity index (χ2n) is 6.07. The summed E-state index contributed by atoms with van der Waals surface area (Å²) in [5.41, 5.74) is 2.38. The number of aryl methyl sites for hydroxylation is 3. The standard InChI is InChI=1S/C19H19N3O4/c1-11-15(13-8-6-5-7-9-13)12(2)20-17-16(11)18(24)22(10-14(23)26-4)19(25)21(17)3/h5-9H,10H2,1-4H3. The minimum absolute atomic E-state index is 0.302. The quantitative estimate of drug-likeness (QED) is 0.667. The van der Waals surface area contributed by atoms with Crippen LogP contribution in [0.1, 0.15) is 11.3 Å². The lowest BCUT2D eigenvalue weighted by atomic mass is 9.97. The van der Waals surface area contributed by atoms with Crippen molar-refractivity contribution in [1.82, 2.24) is 14.1 Å². The topological polar surface area (TPSA) is 83.2 Å². The summed E-state index contributed by atoms with van der Waals surface area (Å²) >= 11 is 0. The molecule has 0 bridgehead atoms. The Morgan fingerprint density at radius 3 is 2.42 bits per heavy atom. The number of carbonyl (C=O) groups is 1. The van der Waals surface area contributed by atoms with Crippen LogP contribution in [0.5, 0.6) is 0 Å². The fraction of sp³-hybridized carbons (Fsp3) is 0.263. The van der Waals surface area contributed by atoms with Gasteiger partial charge in [0, 0.05) is 18.3 Å². The van der Waals surface area contributed by atoms with Gasteiger partial charge in [-0.1, -0.05) is 30.3 Å². The second kappa shape index (κ2) is 6.59. The van der Waals surface area contributed by atoms with Gasteiger partial charge in [-0.05, 0) is 25.0 Å². The number of aromatic nitrogens is 3. The van der Waals surface area contributed by atoms with Crippen LogP contribution in [0.25, 0.3) is 22.2 Å². The van der Waals surface area contributed by atoms with Crippen LogP contribution in [0, 0.1) is 13.8 Å². The van der Waals surface area contributed by atoms with Gasteiger partial charge in [0.25, 0.3) is 5.56 Å². The lowest BCUT2D eigenvalue weighted by Crippen LogP contribution is -2.41. The third-order valence-corrected chi connectivity index (χ3v) is 4.48. The minimum Gasteiger partial charge on any atom is -0.468 e. The van der Waals surface area contributed by atoms with Gasteiger partial charge in [0.05, 0.1) is 12.5 Å². The lowest BCUT2D eigenvalue weighted by Gasteiger charge is -2.15. The van der Waals surface area contributed by atoms with Gasteiger partial charge in [0.2, 0.25) is 0 Å².